The van der Waals surface area contributed by atoms with Crippen molar-refractivity contribution in [1.82, 2.24) is 0 Å². The van der Waals surface area contributed by atoms with Gasteiger partial charge in [-0.25, -0.2) is 4.79 Å². The van der Waals surface area contributed by atoms with Gasteiger partial charge in [0.2, 0.25) is 0 Å². The lowest BCUT2D eigenvalue weighted by Gasteiger charge is -2.09. The number of unbranched alkanes of at least 4 members (excludes halogenated alkanes) is 1. The highest BCUT2D eigenvalue weighted by Crippen LogP contribution is 2.24. The molecule has 98 valence electrons. The Morgan fingerprint density at radius 3 is 2.33 bits per heavy atom. The SMILES string of the molecule is CCCC/C(C(=O)O)=C(/C)c1ccc(OC)cc1. The third-order valence-electron chi connectivity index (χ3n) is 3.01. The van der Waals surface area contributed by atoms with Gasteiger partial charge in [0.1, 0.15) is 5.75 Å². The van der Waals surface area contributed by atoms with Crippen LogP contribution >= 0.6 is 0 Å². The monoisotopic (exact) mass is 248 g/mol. The standard InChI is InChI=1S/C15H20O3/c1-4-5-6-14(15(16)17)11(2)12-7-9-13(18-3)10-8-12/h7-10H,4-6H2,1-3H3,(H,16,17)/b14-11+. The number of methoxy groups -OCH3 is 1. The molecular weight excluding hydrogens is 228 g/mol. The summed E-state index contributed by atoms with van der Waals surface area (Å²) in [6.45, 7) is 3.92. The Balaban J connectivity index is 3.04. The Labute approximate surface area is 108 Å². The van der Waals surface area contributed by atoms with Crippen molar-refractivity contribution in [2.75, 3.05) is 7.11 Å². The molecule has 0 aromatic heterocycles. The van der Waals surface area contributed by atoms with E-state index in [-0.39, 0.29) is 0 Å². The minimum atomic E-state index is -0.822. The van der Waals surface area contributed by atoms with Gasteiger partial charge in [0, 0.05) is 5.57 Å². The van der Waals surface area contributed by atoms with E-state index < -0.39 is 5.97 Å². The van der Waals surface area contributed by atoms with Gasteiger partial charge in [-0.2, -0.15) is 0 Å². The molecule has 0 aliphatic heterocycles. The molecule has 0 bridgehead atoms. The summed E-state index contributed by atoms with van der Waals surface area (Å²) in [7, 11) is 1.61. The van der Waals surface area contributed by atoms with Crippen molar-refractivity contribution in [3.8, 4) is 5.75 Å². The normalized spacial score (nSPS) is 11.9. The van der Waals surface area contributed by atoms with Crippen LogP contribution in [0.5, 0.6) is 5.75 Å². The molecule has 0 aliphatic rings. The second-order valence-corrected chi connectivity index (χ2v) is 4.24. The van der Waals surface area contributed by atoms with E-state index in [9.17, 15) is 9.90 Å². The van der Waals surface area contributed by atoms with Gasteiger partial charge in [-0.05, 0) is 43.0 Å². The third kappa shape index (κ3) is 3.62. The number of allylic oxidation sites excluding steroid dienone is 1. The number of benzene rings is 1. The van der Waals surface area contributed by atoms with Gasteiger partial charge < -0.3 is 9.84 Å². The highest BCUT2D eigenvalue weighted by Gasteiger charge is 2.12. The molecule has 0 amide bonds. The van der Waals surface area contributed by atoms with E-state index in [1.807, 2.05) is 31.2 Å². The predicted molar refractivity (Wildman–Crippen MR) is 72.7 cm³/mol. The molecule has 1 aromatic rings. The summed E-state index contributed by atoms with van der Waals surface area (Å²) >= 11 is 0. The van der Waals surface area contributed by atoms with Crippen molar-refractivity contribution in [3.05, 3.63) is 35.4 Å². The van der Waals surface area contributed by atoms with Crippen LogP contribution in [0.15, 0.2) is 29.8 Å². The summed E-state index contributed by atoms with van der Waals surface area (Å²) in [5, 5.41) is 9.25. The largest absolute Gasteiger partial charge is 0.497 e. The van der Waals surface area contributed by atoms with Crippen molar-refractivity contribution in [3.63, 3.8) is 0 Å². The van der Waals surface area contributed by atoms with Crippen LogP contribution in [0, 0.1) is 0 Å². The fourth-order valence-corrected chi connectivity index (χ4v) is 1.82. The summed E-state index contributed by atoms with van der Waals surface area (Å²) in [5.74, 6) is -0.0475. The number of ether oxygens (including phenoxy) is 1. The number of carboxylic acid groups (broad SMARTS) is 1. The fraction of sp³-hybridized carbons (Fsp3) is 0.400. The van der Waals surface area contributed by atoms with Crippen LogP contribution < -0.4 is 4.74 Å². The van der Waals surface area contributed by atoms with E-state index >= 15 is 0 Å². The van der Waals surface area contributed by atoms with Crippen LogP contribution in [0.1, 0.15) is 38.7 Å². The Kier molecular flexibility index (Phi) is 5.43. The Hall–Kier alpha value is -1.77. The molecule has 1 aromatic carbocycles. The highest BCUT2D eigenvalue weighted by molar-refractivity contribution is 5.95. The van der Waals surface area contributed by atoms with Crippen LogP contribution in [-0.2, 0) is 4.79 Å². The average Bonchev–Trinajstić information content (AvgIpc) is 2.38. The molecule has 0 heterocycles. The number of aliphatic carboxylic acids is 1. The zero-order valence-electron chi connectivity index (χ0n) is 11.2. The summed E-state index contributed by atoms with van der Waals surface area (Å²) in [6.07, 6.45) is 2.51. The van der Waals surface area contributed by atoms with Gasteiger partial charge in [-0.1, -0.05) is 25.5 Å². The lowest BCUT2D eigenvalue weighted by molar-refractivity contribution is -0.132. The quantitative estimate of drug-likeness (QED) is 0.780. The smallest absolute Gasteiger partial charge is 0.331 e. The molecule has 0 spiro atoms. The molecule has 0 aliphatic carbocycles. The maximum Gasteiger partial charge on any atom is 0.331 e. The van der Waals surface area contributed by atoms with E-state index in [4.69, 9.17) is 4.74 Å². The molecule has 18 heavy (non-hydrogen) atoms. The lowest BCUT2D eigenvalue weighted by atomic mass is 9.97. The molecular formula is C15H20O3. The molecule has 3 nitrogen and oxygen atoms in total. The van der Waals surface area contributed by atoms with Crippen molar-refractivity contribution < 1.29 is 14.6 Å². The minimum absolute atomic E-state index is 0.502. The van der Waals surface area contributed by atoms with Gasteiger partial charge in [0.05, 0.1) is 7.11 Å². The zero-order valence-corrected chi connectivity index (χ0v) is 11.2. The van der Waals surface area contributed by atoms with Gasteiger partial charge >= 0.3 is 5.97 Å². The summed E-state index contributed by atoms with van der Waals surface area (Å²) in [4.78, 5) is 11.3. The van der Waals surface area contributed by atoms with Gasteiger partial charge in [-0.15, -0.1) is 0 Å². The fourth-order valence-electron chi connectivity index (χ4n) is 1.82. The number of hydrogen-bond donors (Lipinski definition) is 1. The van der Waals surface area contributed by atoms with E-state index in [0.717, 1.165) is 29.7 Å². The molecule has 0 fully saturated rings. The number of carbonyl (C=O) groups is 1. The van der Waals surface area contributed by atoms with Crippen molar-refractivity contribution in [1.29, 1.82) is 0 Å². The summed E-state index contributed by atoms with van der Waals surface area (Å²) in [6, 6.07) is 7.47. The summed E-state index contributed by atoms with van der Waals surface area (Å²) in [5.41, 5.74) is 2.27. The van der Waals surface area contributed by atoms with E-state index in [2.05, 4.69) is 6.92 Å². The first-order valence-corrected chi connectivity index (χ1v) is 6.17. The second-order valence-electron chi connectivity index (χ2n) is 4.24. The topological polar surface area (TPSA) is 46.5 Å². The minimum Gasteiger partial charge on any atom is -0.497 e. The molecule has 1 rings (SSSR count). The Bertz CT molecular complexity index is 430. The van der Waals surface area contributed by atoms with Gasteiger partial charge in [0.15, 0.2) is 0 Å². The van der Waals surface area contributed by atoms with Crippen LogP contribution in [0.2, 0.25) is 0 Å². The van der Waals surface area contributed by atoms with Crippen LogP contribution in [0.3, 0.4) is 0 Å². The molecule has 0 saturated carbocycles. The molecule has 0 saturated heterocycles. The maximum absolute atomic E-state index is 11.3. The van der Waals surface area contributed by atoms with E-state index in [1.54, 1.807) is 7.11 Å². The Morgan fingerprint density at radius 2 is 1.89 bits per heavy atom. The number of hydrogen-bond acceptors (Lipinski definition) is 2. The second kappa shape index (κ2) is 6.84. The molecule has 3 heteroatoms. The lowest BCUT2D eigenvalue weighted by Crippen LogP contribution is -2.03. The number of rotatable bonds is 6. The molecule has 0 unspecified atom stereocenters. The maximum atomic E-state index is 11.3. The van der Waals surface area contributed by atoms with Crippen LogP contribution in [-0.4, -0.2) is 18.2 Å². The van der Waals surface area contributed by atoms with E-state index in [1.165, 1.54) is 0 Å². The zero-order chi connectivity index (χ0) is 13.5. The molecule has 0 radical (unpaired) electrons. The van der Waals surface area contributed by atoms with Gasteiger partial charge in [0.25, 0.3) is 0 Å². The first kappa shape index (κ1) is 14.3. The van der Waals surface area contributed by atoms with Crippen LogP contribution in [0.25, 0.3) is 5.57 Å². The highest BCUT2D eigenvalue weighted by atomic mass is 16.5. The van der Waals surface area contributed by atoms with Crippen molar-refractivity contribution in [2.24, 2.45) is 0 Å². The average molecular weight is 248 g/mol. The van der Waals surface area contributed by atoms with Gasteiger partial charge in [-0.3, -0.25) is 0 Å². The number of carboxylic acids is 1. The third-order valence-corrected chi connectivity index (χ3v) is 3.01. The molecule has 0 atom stereocenters. The van der Waals surface area contributed by atoms with Crippen molar-refractivity contribution in [2.45, 2.75) is 33.1 Å². The Morgan fingerprint density at radius 1 is 1.28 bits per heavy atom. The summed E-state index contributed by atoms with van der Waals surface area (Å²) < 4.78 is 5.09. The van der Waals surface area contributed by atoms with Crippen LogP contribution in [0.4, 0.5) is 0 Å². The first-order chi connectivity index (χ1) is 8.60. The first-order valence-electron chi connectivity index (χ1n) is 6.17. The van der Waals surface area contributed by atoms with E-state index in [0.29, 0.717) is 12.0 Å². The predicted octanol–water partition coefficient (Wildman–Crippen LogP) is 3.74. The van der Waals surface area contributed by atoms with Crippen molar-refractivity contribution >= 4 is 11.5 Å². The molecule has 1 N–H and O–H groups in total.